The number of hydrogen-bond acceptors (Lipinski definition) is 4. The van der Waals surface area contributed by atoms with Crippen LogP contribution in [0.15, 0.2) is 60.7 Å². The van der Waals surface area contributed by atoms with E-state index in [1.807, 2.05) is 6.92 Å². The Morgan fingerprint density at radius 1 is 0.971 bits per heavy atom. The van der Waals surface area contributed by atoms with E-state index in [2.05, 4.69) is 94.8 Å². The van der Waals surface area contributed by atoms with E-state index < -0.39 is 0 Å². The first-order valence-electron chi connectivity index (χ1n) is 12.5. The lowest BCUT2D eigenvalue weighted by Crippen LogP contribution is -2.48. The van der Waals surface area contributed by atoms with Crippen LogP contribution in [0.5, 0.6) is 0 Å². The summed E-state index contributed by atoms with van der Waals surface area (Å²) in [6.45, 7) is 8.36. The van der Waals surface area contributed by atoms with Gasteiger partial charge in [0.2, 0.25) is 0 Å². The molecule has 5 nitrogen and oxygen atoms in total. The molecular weight excluding hydrogens is 420 g/mol. The SMILES string of the molecule is Cc1ccc(N2CCN(CCN(C)C)CC2)cc1C(=O)NC1(c2cccc3ccccc23)CC1. The van der Waals surface area contributed by atoms with Crippen molar-refractivity contribution in [3.05, 3.63) is 77.4 Å². The van der Waals surface area contributed by atoms with Crippen molar-refractivity contribution in [2.75, 3.05) is 58.3 Å². The molecule has 0 aromatic heterocycles. The van der Waals surface area contributed by atoms with Gasteiger partial charge in [0.05, 0.1) is 5.54 Å². The average molecular weight is 457 g/mol. The molecule has 1 saturated carbocycles. The van der Waals surface area contributed by atoms with Crippen molar-refractivity contribution in [2.24, 2.45) is 0 Å². The number of anilines is 1. The molecular formula is C29H36N4O. The second-order valence-electron chi connectivity index (χ2n) is 10.2. The van der Waals surface area contributed by atoms with E-state index in [9.17, 15) is 4.79 Å². The Morgan fingerprint density at radius 2 is 1.71 bits per heavy atom. The molecule has 0 spiro atoms. The lowest BCUT2D eigenvalue weighted by atomic mass is 9.96. The third-order valence-electron chi connectivity index (χ3n) is 7.47. The Hall–Kier alpha value is -2.89. The summed E-state index contributed by atoms with van der Waals surface area (Å²) in [7, 11) is 4.25. The molecule has 1 aliphatic carbocycles. The number of carbonyl (C=O) groups is 1. The maximum Gasteiger partial charge on any atom is 0.252 e. The fourth-order valence-electron chi connectivity index (χ4n) is 5.14. The molecule has 0 bridgehead atoms. The summed E-state index contributed by atoms with van der Waals surface area (Å²) in [5, 5.41) is 5.89. The molecule has 0 radical (unpaired) electrons. The normalized spacial score (nSPS) is 17.8. The van der Waals surface area contributed by atoms with Gasteiger partial charge in [-0.3, -0.25) is 9.69 Å². The summed E-state index contributed by atoms with van der Waals surface area (Å²) in [6.07, 6.45) is 1.97. The number of piperazine rings is 1. The molecule has 34 heavy (non-hydrogen) atoms. The number of nitrogens with one attached hydrogen (secondary N) is 1. The highest BCUT2D eigenvalue weighted by Crippen LogP contribution is 2.48. The van der Waals surface area contributed by atoms with Gasteiger partial charge in [0, 0.05) is 50.5 Å². The van der Waals surface area contributed by atoms with Crippen molar-refractivity contribution in [1.82, 2.24) is 15.1 Å². The van der Waals surface area contributed by atoms with Crippen LogP contribution in [0.4, 0.5) is 5.69 Å². The predicted octanol–water partition coefficient (Wildman–Crippen LogP) is 4.25. The second kappa shape index (κ2) is 9.40. The molecule has 3 aromatic carbocycles. The molecule has 2 aliphatic rings. The molecule has 0 unspecified atom stereocenters. The first kappa shape index (κ1) is 22.9. The summed E-state index contributed by atoms with van der Waals surface area (Å²) < 4.78 is 0. The van der Waals surface area contributed by atoms with Gasteiger partial charge in [0.25, 0.3) is 5.91 Å². The molecule has 3 aromatic rings. The fraction of sp³-hybridized carbons (Fsp3) is 0.414. The number of hydrogen-bond donors (Lipinski definition) is 1. The van der Waals surface area contributed by atoms with Crippen LogP contribution in [0.1, 0.15) is 34.3 Å². The van der Waals surface area contributed by atoms with Gasteiger partial charge in [-0.15, -0.1) is 0 Å². The van der Waals surface area contributed by atoms with Gasteiger partial charge >= 0.3 is 0 Å². The quantitative estimate of drug-likeness (QED) is 0.577. The Balaban J connectivity index is 1.31. The van der Waals surface area contributed by atoms with Gasteiger partial charge in [-0.05, 0) is 67.9 Å². The Kier molecular flexibility index (Phi) is 6.32. The number of benzene rings is 3. The monoisotopic (exact) mass is 456 g/mol. The molecule has 5 rings (SSSR count). The summed E-state index contributed by atoms with van der Waals surface area (Å²) in [5.74, 6) is 0.0365. The van der Waals surface area contributed by atoms with Gasteiger partial charge in [-0.1, -0.05) is 48.5 Å². The van der Waals surface area contributed by atoms with Crippen LogP contribution in [-0.2, 0) is 5.54 Å². The minimum absolute atomic E-state index is 0.0365. The first-order chi connectivity index (χ1) is 16.4. The van der Waals surface area contributed by atoms with E-state index in [1.165, 1.54) is 16.3 Å². The van der Waals surface area contributed by atoms with E-state index in [1.54, 1.807) is 0 Å². The zero-order valence-corrected chi connectivity index (χ0v) is 20.7. The molecule has 1 N–H and O–H groups in total. The molecule has 1 heterocycles. The lowest BCUT2D eigenvalue weighted by Gasteiger charge is -2.36. The Bertz CT molecular complexity index is 1170. The first-order valence-corrected chi connectivity index (χ1v) is 12.5. The molecule has 178 valence electrons. The lowest BCUT2D eigenvalue weighted by molar-refractivity contribution is 0.0930. The molecule has 1 amide bonds. The zero-order valence-electron chi connectivity index (χ0n) is 20.7. The van der Waals surface area contributed by atoms with Crippen LogP contribution in [0, 0.1) is 6.92 Å². The van der Waals surface area contributed by atoms with Gasteiger partial charge in [-0.25, -0.2) is 0 Å². The van der Waals surface area contributed by atoms with Crippen molar-refractivity contribution >= 4 is 22.4 Å². The highest BCUT2D eigenvalue weighted by molar-refractivity contribution is 5.98. The largest absolute Gasteiger partial charge is 0.369 e. The third-order valence-corrected chi connectivity index (χ3v) is 7.47. The van der Waals surface area contributed by atoms with Gasteiger partial charge in [-0.2, -0.15) is 0 Å². The number of likely N-dealkylation sites (N-methyl/N-ethyl adjacent to an activating group) is 1. The van der Waals surface area contributed by atoms with Crippen LogP contribution < -0.4 is 10.2 Å². The summed E-state index contributed by atoms with van der Waals surface area (Å²) in [5.41, 5.74) is 3.96. The van der Waals surface area contributed by atoms with Crippen LogP contribution >= 0.6 is 0 Å². The van der Waals surface area contributed by atoms with Crippen LogP contribution in [-0.4, -0.2) is 69.1 Å². The molecule has 1 saturated heterocycles. The predicted molar refractivity (Wildman–Crippen MR) is 141 cm³/mol. The van der Waals surface area contributed by atoms with Gasteiger partial charge < -0.3 is 15.1 Å². The summed E-state index contributed by atoms with van der Waals surface area (Å²) in [4.78, 5) is 20.7. The maximum absolute atomic E-state index is 13.5. The number of rotatable bonds is 7. The standard InChI is InChI=1S/C29H36N4O/c1-22-11-12-24(33-19-17-32(18-20-33)16-15-31(2)3)21-26(22)28(34)30-29(13-14-29)27-10-6-8-23-7-4-5-9-25(23)27/h4-12,21H,13-20H2,1-3H3,(H,30,34). The van der Waals surface area contributed by atoms with Crippen LogP contribution in [0.3, 0.4) is 0 Å². The highest BCUT2D eigenvalue weighted by atomic mass is 16.1. The number of amides is 1. The fourth-order valence-corrected chi connectivity index (χ4v) is 5.14. The zero-order chi connectivity index (χ0) is 23.7. The van der Waals surface area contributed by atoms with Crippen molar-refractivity contribution in [3.63, 3.8) is 0 Å². The number of aryl methyl sites for hydroxylation is 1. The van der Waals surface area contributed by atoms with E-state index in [0.29, 0.717) is 0 Å². The Labute approximate surface area is 203 Å². The van der Waals surface area contributed by atoms with Crippen LogP contribution in [0.2, 0.25) is 0 Å². The second-order valence-corrected chi connectivity index (χ2v) is 10.2. The number of carbonyl (C=O) groups excluding carboxylic acids is 1. The van der Waals surface area contributed by atoms with Crippen molar-refractivity contribution < 1.29 is 4.79 Å². The van der Waals surface area contributed by atoms with E-state index in [-0.39, 0.29) is 11.4 Å². The molecule has 0 atom stereocenters. The maximum atomic E-state index is 13.5. The number of nitrogens with zero attached hydrogens (tertiary/aromatic N) is 3. The number of fused-ring (bicyclic) bond motifs is 1. The smallest absolute Gasteiger partial charge is 0.252 e. The van der Waals surface area contributed by atoms with Gasteiger partial charge in [0.1, 0.15) is 0 Å². The molecule has 1 aliphatic heterocycles. The van der Waals surface area contributed by atoms with Crippen molar-refractivity contribution in [2.45, 2.75) is 25.3 Å². The van der Waals surface area contributed by atoms with Crippen molar-refractivity contribution in [1.29, 1.82) is 0 Å². The topological polar surface area (TPSA) is 38.8 Å². The van der Waals surface area contributed by atoms with Gasteiger partial charge in [0.15, 0.2) is 0 Å². The summed E-state index contributed by atoms with van der Waals surface area (Å²) >= 11 is 0. The van der Waals surface area contributed by atoms with E-state index in [0.717, 1.165) is 68.9 Å². The van der Waals surface area contributed by atoms with E-state index >= 15 is 0 Å². The molecule has 5 heteroatoms. The van der Waals surface area contributed by atoms with E-state index in [4.69, 9.17) is 0 Å². The minimum Gasteiger partial charge on any atom is -0.369 e. The minimum atomic E-state index is -0.252. The third kappa shape index (κ3) is 4.68. The Morgan fingerprint density at radius 3 is 2.44 bits per heavy atom. The molecule has 2 fully saturated rings. The summed E-state index contributed by atoms with van der Waals surface area (Å²) in [6, 6.07) is 21.2. The van der Waals surface area contributed by atoms with Crippen molar-refractivity contribution in [3.8, 4) is 0 Å². The van der Waals surface area contributed by atoms with Crippen LogP contribution in [0.25, 0.3) is 10.8 Å². The highest BCUT2D eigenvalue weighted by Gasteiger charge is 2.46. The average Bonchev–Trinajstić information content (AvgIpc) is 3.63.